The standard InChI is InChI=1S/C13H22Cl4N2/c14-12(15)5-1-10(2-6-12)18-9-19-11-3-7-13(16,17)8-4-11/h10-11,18-19H,1-9H2. The van der Waals surface area contributed by atoms with Gasteiger partial charge >= 0.3 is 0 Å². The minimum atomic E-state index is -0.501. The third-order valence-electron chi connectivity index (χ3n) is 4.22. The SMILES string of the molecule is ClC1(Cl)CCC(NCNC2CCC(Cl)(Cl)CC2)CC1. The molecular weight excluding hydrogens is 326 g/mol. The average molecular weight is 348 g/mol. The lowest BCUT2D eigenvalue weighted by Gasteiger charge is -2.33. The lowest BCUT2D eigenvalue weighted by molar-refractivity contribution is 0.313. The number of rotatable bonds is 4. The molecule has 0 heterocycles. The predicted octanol–water partition coefficient (Wildman–Crippen LogP) is 4.36. The van der Waals surface area contributed by atoms with Crippen LogP contribution in [-0.2, 0) is 0 Å². The van der Waals surface area contributed by atoms with Crippen molar-refractivity contribution >= 4 is 46.4 Å². The minimum absolute atomic E-state index is 0.501. The van der Waals surface area contributed by atoms with Crippen molar-refractivity contribution in [1.29, 1.82) is 0 Å². The molecule has 2 aliphatic carbocycles. The molecule has 2 N–H and O–H groups in total. The van der Waals surface area contributed by atoms with Crippen molar-refractivity contribution in [3.63, 3.8) is 0 Å². The van der Waals surface area contributed by atoms with Crippen LogP contribution < -0.4 is 10.6 Å². The van der Waals surface area contributed by atoms with E-state index in [-0.39, 0.29) is 0 Å². The lowest BCUT2D eigenvalue weighted by Crippen LogP contribution is -2.45. The van der Waals surface area contributed by atoms with Crippen molar-refractivity contribution < 1.29 is 0 Å². The van der Waals surface area contributed by atoms with Crippen LogP contribution in [0.1, 0.15) is 51.4 Å². The van der Waals surface area contributed by atoms with E-state index in [0.717, 1.165) is 58.0 Å². The van der Waals surface area contributed by atoms with Gasteiger partial charge in [0, 0.05) is 18.8 Å². The first-order valence-corrected chi connectivity index (χ1v) is 8.60. The maximum absolute atomic E-state index is 6.12. The van der Waals surface area contributed by atoms with Gasteiger partial charge in [0.2, 0.25) is 0 Å². The number of hydrogen-bond donors (Lipinski definition) is 2. The molecular formula is C13H22Cl4N2. The molecule has 0 unspecified atom stereocenters. The first kappa shape index (κ1) is 16.5. The van der Waals surface area contributed by atoms with Crippen LogP contribution in [0.25, 0.3) is 0 Å². The highest BCUT2D eigenvalue weighted by atomic mass is 35.5. The Morgan fingerprint density at radius 1 is 0.684 bits per heavy atom. The molecule has 112 valence electrons. The van der Waals surface area contributed by atoms with E-state index in [0.29, 0.717) is 12.1 Å². The monoisotopic (exact) mass is 346 g/mol. The molecule has 0 radical (unpaired) electrons. The molecule has 19 heavy (non-hydrogen) atoms. The maximum Gasteiger partial charge on any atom is 0.118 e. The Morgan fingerprint density at radius 3 is 1.32 bits per heavy atom. The third kappa shape index (κ3) is 5.76. The Morgan fingerprint density at radius 2 is 1.00 bits per heavy atom. The fourth-order valence-corrected chi connectivity index (χ4v) is 3.71. The highest BCUT2D eigenvalue weighted by Gasteiger charge is 2.32. The Labute approximate surface area is 135 Å². The van der Waals surface area contributed by atoms with E-state index in [9.17, 15) is 0 Å². The van der Waals surface area contributed by atoms with Gasteiger partial charge in [-0.1, -0.05) is 0 Å². The molecule has 0 aromatic carbocycles. The molecule has 2 saturated carbocycles. The zero-order valence-electron chi connectivity index (χ0n) is 11.0. The molecule has 0 aromatic rings. The van der Waals surface area contributed by atoms with E-state index in [1.807, 2.05) is 0 Å². The number of nitrogens with one attached hydrogen (secondary N) is 2. The molecule has 2 nitrogen and oxygen atoms in total. The van der Waals surface area contributed by atoms with E-state index in [4.69, 9.17) is 46.4 Å². The van der Waals surface area contributed by atoms with Crippen LogP contribution >= 0.6 is 46.4 Å². The van der Waals surface area contributed by atoms with Gasteiger partial charge in [0.05, 0.1) is 0 Å². The highest BCUT2D eigenvalue weighted by Crippen LogP contribution is 2.38. The van der Waals surface area contributed by atoms with Crippen molar-refractivity contribution in [2.45, 2.75) is 72.1 Å². The van der Waals surface area contributed by atoms with Gasteiger partial charge in [-0.2, -0.15) is 0 Å². The summed E-state index contributed by atoms with van der Waals surface area (Å²) in [5.41, 5.74) is 0. The number of halogens is 4. The molecule has 6 heteroatoms. The molecule has 0 aromatic heterocycles. The van der Waals surface area contributed by atoms with Crippen LogP contribution in [-0.4, -0.2) is 27.4 Å². The summed E-state index contributed by atoms with van der Waals surface area (Å²) < 4.78 is -1.00. The van der Waals surface area contributed by atoms with E-state index in [1.54, 1.807) is 0 Å². The molecule has 0 saturated heterocycles. The summed E-state index contributed by atoms with van der Waals surface area (Å²) in [6.07, 6.45) is 7.68. The maximum atomic E-state index is 6.12. The quantitative estimate of drug-likeness (QED) is 0.583. The van der Waals surface area contributed by atoms with E-state index in [2.05, 4.69) is 10.6 Å². The van der Waals surface area contributed by atoms with Crippen molar-refractivity contribution in [3.8, 4) is 0 Å². The van der Waals surface area contributed by atoms with Crippen LogP contribution in [0, 0.1) is 0 Å². The number of hydrogen-bond acceptors (Lipinski definition) is 2. The zero-order valence-corrected chi connectivity index (χ0v) is 14.1. The largest absolute Gasteiger partial charge is 0.302 e. The van der Waals surface area contributed by atoms with Crippen molar-refractivity contribution in [2.24, 2.45) is 0 Å². The van der Waals surface area contributed by atoms with E-state index in [1.165, 1.54) is 0 Å². The molecule has 0 aliphatic heterocycles. The fraction of sp³-hybridized carbons (Fsp3) is 1.00. The summed E-state index contributed by atoms with van der Waals surface area (Å²) in [5, 5.41) is 7.07. The smallest absolute Gasteiger partial charge is 0.118 e. The molecule has 2 fully saturated rings. The summed E-state index contributed by atoms with van der Waals surface area (Å²) in [6, 6.07) is 1.06. The highest BCUT2D eigenvalue weighted by molar-refractivity contribution is 6.48. The molecule has 0 spiro atoms. The van der Waals surface area contributed by atoms with Crippen LogP contribution in [0.2, 0.25) is 0 Å². The molecule has 0 amide bonds. The van der Waals surface area contributed by atoms with Gasteiger partial charge in [0.25, 0.3) is 0 Å². The van der Waals surface area contributed by atoms with Crippen molar-refractivity contribution in [3.05, 3.63) is 0 Å². The first-order chi connectivity index (χ1) is 8.86. The molecule has 2 aliphatic rings. The summed E-state index contributed by atoms with van der Waals surface area (Å²) in [7, 11) is 0. The van der Waals surface area contributed by atoms with Crippen LogP contribution in [0.3, 0.4) is 0 Å². The van der Waals surface area contributed by atoms with Crippen LogP contribution in [0.4, 0.5) is 0 Å². The second kappa shape index (κ2) is 6.89. The van der Waals surface area contributed by atoms with Gasteiger partial charge in [0.1, 0.15) is 8.67 Å². The van der Waals surface area contributed by atoms with Crippen molar-refractivity contribution in [1.82, 2.24) is 10.6 Å². The van der Waals surface area contributed by atoms with Crippen LogP contribution in [0.15, 0.2) is 0 Å². The van der Waals surface area contributed by atoms with Gasteiger partial charge in [0.15, 0.2) is 0 Å². The second-order valence-electron chi connectivity index (χ2n) is 5.85. The third-order valence-corrected chi connectivity index (χ3v) is 5.73. The Bertz CT molecular complexity index is 248. The Hall–Kier alpha value is 1.08. The normalized spacial score (nSPS) is 28.4. The number of alkyl halides is 4. The summed E-state index contributed by atoms with van der Waals surface area (Å²) in [4.78, 5) is 0. The van der Waals surface area contributed by atoms with Gasteiger partial charge in [-0.05, 0) is 51.4 Å². The van der Waals surface area contributed by atoms with E-state index >= 15 is 0 Å². The fourth-order valence-electron chi connectivity index (χ4n) is 2.84. The average Bonchev–Trinajstić information content (AvgIpc) is 2.33. The van der Waals surface area contributed by atoms with Crippen molar-refractivity contribution in [2.75, 3.05) is 6.67 Å². The topological polar surface area (TPSA) is 24.1 Å². The van der Waals surface area contributed by atoms with Gasteiger partial charge in [-0.15, -0.1) is 46.4 Å². The van der Waals surface area contributed by atoms with Gasteiger partial charge in [-0.25, -0.2) is 0 Å². The zero-order chi connectivity index (χ0) is 13.9. The molecule has 0 atom stereocenters. The first-order valence-electron chi connectivity index (χ1n) is 7.09. The van der Waals surface area contributed by atoms with Crippen LogP contribution in [0.5, 0.6) is 0 Å². The molecule has 0 bridgehead atoms. The summed E-state index contributed by atoms with van der Waals surface area (Å²) in [5.74, 6) is 0. The Balaban J connectivity index is 1.58. The second-order valence-corrected chi connectivity index (χ2v) is 9.13. The lowest BCUT2D eigenvalue weighted by atomic mass is 9.94. The summed E-state index contributed by atoms with van der Waals surface area (Å²) in [6.45, 7) is 0.838. The predicted molar refractivity (Wildman–Crippen MR) is 84.5 cm³/mol. The summed E-state index contributed by atoms with van der Waals surface area (Å²) >= 11 is 24.5. The van der Waals surface area contributed by atoms with Gasteiger partial charge < -0.3 is 10.6 Å². The minimum Gasteiger partial charge on any atom is -0.302 e. The van der Waals surface area contributed by atoms with Gasteiger partial charge in [-0.3, -0.25) is 0 Å². The Kier molecular flexibility index (Phi) is 5.97. The van der Waals surface area contributed by atoms with E-state index < -0.39 is 8.67 Å². The molecule has 2 rings (SSSR count).